The zero-order chi connectivity index (χ0) is 20.2. The quantitative estimate of drug-likeness (QED) is 0.416. The van der Waals surface area contributed by atoms with Crippen LogP contribution in [0.5, 0.6) is 0 Å². The first-order chi connectivity index (χ1) is 13.9. The number of halogens is 1. The first-order valence-electron chi connectivity index (χ1n) is 9.97. The number of H-pyrrole nitrogens is 1. The van der Waals surface area contributed by atoms with Crippen molar-refractivity contribution < 1.29 is 5.11 Å². The number of hydrogen-bond acceptors (Lipinski definition) is 2. The number of aromatic nitrogens is 2. The molecule has 5 rings (SSSR count). The van der Waals surface area contributed by atoms with E-state index in [9.17, 15) is 5.11 Å². The van der Waals surface area contributed by atoms with Crippen molar-refractivity contribution in [3.8, 4) is 11.1 Å². The van der Waals surface area contributed by atoms with Crippen molar-refractivity contribution in [1.82, 2.24) is 9.97 Å². The zero-order valence-electron chi connectivity index (χ0n) is 16.5. The van der Waals surface area contributed by atoms with E-state index >= 15 is 0 Å². The van der Waals surface area contributed by atoms with Crippen LogP contribution in [0.3, 0.4) is 0 Å². The Bertz CT molecular complexity index is 1200. The summed E-state index contributed by atoms with van der Waals surface area (Å²) in [4.78, 5) is 8.37. The first kappa shape index (κ1) is 18.4. The fourth-order valence-corrected chi connectivity index (χ4v) is 4.44. The number of fused-ring (bicyclic) bond motifs is 1. The van der Waals surface area contributed by atoms with Gasteiger partial charge in [0.05, 0.1) is 16.6 Å². The number of nitrogens with zero attached hydrogens (tertiary/aromatic N) is 1. The first-order valence-corrected chi connectivity index (χ1v) is 10.4. The Morgan fingerprint density at radius 2 is 1.83 bits per heavy atom. The molecule has 0 radical (unpaired) electrons. The highest BCUT2D eigenvalue weighted by atomic mass is 35.5. The molecular formula is C25H23ClN2O. The highest BCUT2D eigenvalue weighted by Gasteiger charge is 2.41. The fraction of sp³-hybridized carbons (Fsp3) is 0.240. The topological polar surface area (TPSA) is 48.9 Å². The van der Waals surface area contributed by atoms with Gasteiger partial charge in [-0.2, -0.15) is 0 Å². The standard InChI is InChI=1S/C25H23ClN2O/c1-25(2,29)21-9-4-3-8-18(21)16-10-11-22-23(13-16)28-24(27-22)20-14-19(20)15-6-5-7-17(26)12-15/h3-13,19-20,29H,14H2,1-2H3,(H,27,28). The third kappa shape index (κ3) is 3.45. The molecule has 29 heavy (non-hydrogen) atoms. The van der Waals surface area contributed by atoms with Crippen molar-refractivity contribution in [3.05, 3.63) is 88.7 Å². The second kappa shape index (κ2) is 6.72. The third-order valence-corrected chi connectivity index (χ3v) is 6.05. The van der Waals surface area contributed by atoms with E-state index in [1.807, 2.05) is 44.2 Å². The Kier molecular flexibility index (Phi) is 4.27. The van der Waals surface area contributed by atoms with E-state index in [2.05, 4.69) is 41.4 Å². The minimum Gasteiger partial charge on any atom is -0.386 e. The normalized spacial score (nSPS) is 18.9. The molecule has 2 unspecified atom stereocenters. The molecule has 4 aromatic rings. The molecule has 1 fully saturated rings. The number of rotatable bonds is 4. The number of benzene rings is 3. The largest absolute Gasteiger partial charge is 0.386 e. The lowest BCUT2D eigenvalue weighted by Crippen LogP contribution is -2.16. The summed E-state index contributed by atoms with van der Waals surface area (Å²) in [6.45, 7) is 3.64. The van der Waals surface area contributed by atoms with E-state index in [0.29, 0.717) is 11.8 Å². The van der Waals surface area contributed by atoms with E-state index < -0.39 is 5.60 Å². The molecule has 1 heterocycles. The number of hydrogen-bond donors (Lipinski definition) is 2. The molecular weight excluding hydrogens is 380 g/mol. The van der Waals surface area contributed by atoms with E-state index in [0.717, 1.165) is 45.0 Å². The minimum atomic E-state index is -0.900. The molecule has 3 aromatic carbocycles. The molecule has 1 aromatic heterocycles. The molecule has 4 heteroatoms. The third-order valence-electron chi connectivity index (χ3n) is 5.82. The van der Waals surface area contributed by atoms with Gasteiger partial charge in [0, 0.05) is 10.9 Å². The maximum atomic E-state index is 10.6. The lowest BCUT2D eigenvalue weighted by atomic mass is 9.89. The molecule has 0 saturated heterocycles. The molecule has 0 aliphatic heterocycles. The minimum absolute atomic E-state index is 0.410. The van der Waals surface area contributed by atoms with Crippen LogP contribution in [-0.4, -0.2) is 15.1 Å². The van der Waals surface area contributed by atoms with Gasteiger partial charge in [0.1, 0.15) is 5.82 Å². The fourth-order valence-electron chi connectivity index (χ4n) is 4.24. The summed E-state index contributed by atoms with van der Waals surface area (Å²) in [6.07, 6.45) is 1.09. The molecule has 1 aliphatic rings. The predicted molar refractivity (Wildman–Crippen MR) is 118 cm³/mol. The molecule has 1 aliphatic carbocycles. The van der Waals surface area contributed by atoms with Crippen LogP contribution in [0.1, 0.15) is 49.1 Å². The van der Waals surface area contributed by atoms with Crippen LogP contribution in [0.15, 0.2) is 66.7 Å². The van der Waals surface area contributed by atoms with Gasteiger partial charge in [-0.05, 0) is 72.7 Å². The number of imidazole rings is 1. The molecule has 2 atom stereocenters. The summed E-state index contributed by atoms with van der Waals surface area (Å²) in [6, 6.07) is 22.4. The van der Waals surface area contributed by atoms with Crippen LogP contribution in [0.25, 0.3) is 22.2 Å². The van der Waals surface area contributed by atoms with Crippen molar-refractivity contribution >= 4 is 22.6 Å². The van der Waals surface area contributed by atoms with E-state index in [1.54, 1.807) is 0 Å². The molecule has 3 nitrogen and oxygen atoms in total. The smallest absolute Gasteiger partial charge is 0.110 e. The Morgan fingerprint density at radius 1 is 1.00 bits per heavy atom. The number of aromatic amines is 1. The van der Waals surface area contributed by atoms with Crippen LogP contribution in [0.2, 0.25) is 5.02 Å². The van der Waals surface area contributed by atoms with Crippen molar-refractivity contribution in [1.29, 1.82) is 0 Å². The van der Waals surface area contributed by atoms with E-state index in [4.69, 9.17) is 16.6 Å². The molecule has 146 valence electrons. The lowest BCUT2D eigenvalue weighted by Gasteiger charge is -2.21. The Labute approximate surface area is 175 Å². The lowest BCUT2D eigenvalue weighted by molar-refractivity contribution is 0.0792. The van der Waals surface area contributed by atoms with Gasteiger partial charge in [0.2, 0.25) is 0 Å². The van der Waals surface area contributed by atoms with Crippen LogP contribution < -0.4 is 0 Å². The summed E-state index contributed by atoms with van der Waals surface area (Å²) in [5.41, 5.74) is 5.42. The average Bonchev–Trinajstić information content (AvgIpc) is 3.39. The van der Waals surface area contributed by atoms with Gasteiger partial charge < -0.3 is 10.1 Å². The van der Waals surface area contributed by atoms with E-state index in [1.165, 1.54) is 5.56 Å². The number of aliphatic hydroxyl groups is 1. The maximum Gasteiger partial charge on any atom is 0.110 e. The van der Waals surface area contributed by atoms with Gasteiger partial charge in [0.15, 0.2) is 0 Å². The Balaban J connectivity index is 1.48. The highest BCUT2D eigenvalue weighted by molar-refractivity contribution is 6.30. The predicted octanol–water partition coefficient (Wildman–Crippen LogP) is 6.38. The van der Waals surface area contributed by atoms with Crippen molar-refractivity contribution in [2.24, 2.45) is 0 Å². The summed E-state index contributed by atoms with van der Waals surface area (Å²) in [5, 5.41) is 11.3. The summed E-state index contributed by atoms with van der Waals surface area (Å²) in [7, 11) is 0. The van der Waals surface area contributed by atoms with Crippen LogP contribution in [0, 0.1) is 0 Å². The van der Waals surface area contributed by atoms with Gasteiger partial charge in [0.25, 0.3) is 0 Å². The zero-order valence-corrected chi connectivity index (χ0v) is 17.2. The Hall–Kier alpha value is -2.62. The second-order valence-electron chi connectivity index (χ2n) is 8.46. The monoisotopic (exact) mass is 402 g/mol. The van der Waals surface area contributed by atoms with Crippen LogP contribution in [0.4, 0.5) is 0 Å². The molecule has 0 bridgehead atoms. The van der Waals surface area contributed by atoms with Gasteiger partial charge in [-0.25, -0.2) is 4.98 Å². The van der Waals surface area contributed by atoms with Gasteiger partial charge in [-0.3, -0.25) is 0 Å². The van der Waals surface area contributed by atoms with Crippen molar-refractivity contribution in [2.75, 3.05) is 0 Å². The molecule has 1 saturated carbocycles. The molecule has 0 amide bonds. The van der Waals surface area contributed by atoms with Crippen LogP contribution in [-0.2, 0) is 5.60 Å². The van der Waals surface area contributed by atoms with Gasteiger partial charge >= 0.3 is 0 Å². The molecule has 0 spiro atoms. The Morgan fingerprint density at radius 3 is 2.62 bits per heavy atom. The van der Waals surface area contributed by atoms with Crippen molar-refractivity contribution in [3.63, 3.8) is 0 Å². The maximum absolute atomic E-state index is 10.6. The highest BCUT2D eigenvalue weighted by Crippen LogP contribution is 2.54. The summed E-state index contributed by atoms with van der Waals surface area (Å²) in [5.74, 6) is 1.93. The average molecular weight is 403 g/mol. The van der Waals surface area contributed by atoms with Gasteiger partial charge in [-0.1, -0.05) is 54.1 Å². The summed E-state index contributed by atoms with van der Waals surface area (Å²) >= 11 is 6.15. The van der Waals surface area contributed by atoms with E-state index in [-0.39, 0.29) is 0 Å². The number of nitrogens with one attached hydrogen (secondary N) is 1. The summed E-state index contributed by atoms with van der Waals surface area (Å²) < 4.78 is 0. The SMILES string of the molecule is CC(C)(O)c1ccccc1-c1ccc2nc(C3CC3c3cccc(Cl)c3)[nH]c2c1. The van der Waals surface area contributed by atoms with Gasteiger partial charge in [-0.15, -0.1) is 0 Å². The van der Waals surface area contributed by atoms with Crippen LogP contribution >= 0.6 is 11.6 Å². The second-order valence-corrected chi connectivity index (χ2v) is 8.90. The molecule has 2 N–H and O–H groups in total. The van der Waals surface area contributed by atoms with Crippen molar-refractivity contribution in [2.45, 2.75) is 37.7 Å².